The Hall–Kier alpha value is -2.14. The van der Waals surface area contributed by atoms with Gasteiger partial charge < -0.3 is 9.80 Å². The van der Waals surface area contributed by atoms with Crippen molar-refractivity contribution in [2.24, 2.45) is 5.92 Å². The Morgan fingerprint density at radius 1 is 1.22 bits per heavy atom. The number of fused-ring (bicyclic) bond motifs is 1. The predicted molar refractivity (Wildman–Crippen MR) is 109 cm³/mol. The topological polar surface area (TPSA) is 41.4 Å². The van der Waals surface area contributed by atoms with E-state index in [1.807, 2.05) is 18.2 Å². The Kier molecular flexibility index (Phi) is 6.00. The molecule has 0 spiro atoms. The maximum atomic E-state index is 12.8. The number of hydrogen-bond donors (Lipinski definition) is 0. The van der Waals surface area contributed by atoms with Gasteiger partial charge in [-0.1, -0.05) is 44.2 Å². The highest BCUT2D eigenvalue weighted by Crippen LogP contribution is 2.28. The monoisotopic (exact) mass is 368 g/mol. The van der Waals surface area contributed by atoms with E-state index < -0.39 is 0 Å². The zero-order chi connectivity index (χ0) is 19.6. The molecule has 1 aliphatic rings. The molecule has 27 heavy (non-hydrogen) atoms. The standard InChI is InChI=1S/C22H32N4O/c1-16(2)14-25(5)18-11-12-20-19(13-18)21(22(27)24(3)4)23-26(20)15-17-9-7-6-8-10-17/h6-10,16,18H,11-15H2,1-5H3. The van der Waals surface area contributed by atoms with Crippen LogP contribution in [0.2, 0.25) is 0 Å². The number of hydrogen-bond acceptors (Lipinski definition) is 3. The van der Waals surface area contributed by atoms with Crippen LogP contribution in [0, 0.1) is 5.92 Å². The SMILES string of the molecule is CC(C)CN(C)C1CCc2c(c(C(=O)N(C)C)nn2Cc2ccccc2)C1. The summed E-state index contributed by atoms with van der Waals surface area (Å²) >= 11 is 0. The summed E-state index contributed by atoms with van der Waals surface area (Å²) < 4.78 is 2.06. The van der Waals surface area contributed by atoms with Crippen LogP contribution in [-0.2, 0) is 19.4 Å². The minimum Gasteiger partial charge on any atom is -0.343 e. The third-order valence-corrected chi connectivity index (χ3v) is 5.38. The Balaban J connectivity index is 1.92. The molecule has 0 N–H and O–H groups in total. The minimum absolute atomic E-state index is 0.00484. The van der Waals surface area contributed by atoms with Crippen molar-refractivity contribution in [1.29, 1.82) is 0 Å². The number of carbonyl (C=O) groups excluding carboxylic acids is 1. The number of likely N-dealkylation sites (N-methyl/N-ethyl adjacent to an activating group) is 1. The molecule has 1 unspecified atom stereocenters. The molecule has 0 fully saturated rings. The molecular formula is C22H32N4O. The Bertz CT molecular complexity index is 779. The first-order chi connectivity index (χ1) is 12.9. The van der Waals surface area contributed by atoms with E-state index in [2.05, 4.69) is 42.6 Å². The maximum absolute atomic E-state index is 12.8. The van der Waals surface area contributed by atoms with Crippen LogP contribution in [0.25, 0.3) is 0 Å². The number of amides is 1. The highest BCUT2D eigenvalue weighted by Gasteiger charge is 2.31. The molecule has 2 aromatic rings. The number of aromatic nitrogens is 2. The van der Waals surface area contributed by atoms with Crippen molar-refractivity contribution in [3.63, 3.8) is 0 Å². The summed E-state index contributed by atoms with van der Waals surface area (Å²) in [4.78, 5) is 16.9. The van der Waals surface area contributed by atoms with Crippen LogP contribution in [0.15, 0.2) is 30.3 Å². The molecule has 5 nitrogen and oxygen atoms in total. The summed E-state index contributed by atoms with van der Waals surface area (Å²) in [5.74, 6) is 0.644. The molecule has 0 bridgehead atoms. The van der Waals surface area contributed by atoms with Crippen LogP contribution in [0.5, 0.6) is 0 Å². The quantitative estimate of drug-likeness (QED) is 0.787. The van der Waals surface area contributed by atoms with Gasteiger partial charge in [-0.15, -0.1) is 0 Å². The smallest absolute Gasteiger partial charge is 0.274 e. The van der Waals surface area contributed by atoms with Crippen molar-refractivity contribution in [2.45, 2.75) is 45.7 Å². The molecule has 1 aromatic heterocycles. The molecule has 0 radical (unpaired) electrons. The summed E-state index contributed by atoms with van der Waals surface area (Å²) in [6, 6.07) is 10.8. The van der Waals surface area contributed by atoms with Crippen molar-refractivity contribution in [1.82, 2.24) is 19.6 Å². The lowest BCUT2D eigenvalue weighted by Gasteiger charge is -2.33. The van der Waals surface area contributed by atoms with E-state index in [0.29, 0.717) is 17.7 Å². The van der Waals surface area contributed by atoms with Crippen molar-refractivity contribution in [2.75, 3.05) is 27.7 Å². The lowest BCUT2D eigenvalue weighted by Crippen LogP contribution is -2.39. The molecule has 1 atom stereocenters. The molecule has 0 saturated heterocycles. The fraction of sp³-hybridized carbons (Fsp3) is 0.545. The highest BCUT2D eigenvalue weighted by molar-refractivity contribution is 5.93. The third-order valence-electron chi connectivity index (χ3n) is 5.38. The van der Waals surface area contributed by atoms with Gasteiger partial charge in [0.05, 0.1) is 6.54 Å². The van der Waals surface area contributed by atoms with Crippen LogP contribution >= 0.6 is 0 Å². The minimum atomic E-state index is 0.00484. The number of rotatable bonds is 6. The second-order valence-electron chi connectivity index (χ2n) is 8.35. The number of benzene rings is 1. The van der Waals surface area contributed by atoms with E-state index in [1.54, 1.807) is 19.0 Å². The maximum Gasteiger partial charge on any atom is 0.274 e. The summed E-state index contributed by atoms with van der Waals surface area (Å²) in [6.07, 6.45) is 3.00. The molecule has 1 aromatic carbocycles. The van der Waals surface area contributed by atoms with Gasteiger partial charge in [-0.2, -0.15) is 5.10 Å². The average molecular weight is 369 g/mol. The van der Waals surface area contributed by atoms with E-state index in [9.17, 15) is 4.79 Å². The molecule has 146 valence electrons. The molecule has 5 heteroatoms. The summed E-state index contributed by atoms with van der Waals surface area (Å²) in [6.45, 7) is 6.30. The van der Waals surface area contributed by atoms with Crippen LogP contribution < -0.4 is 0 Å². The second-order valence-corrected chi connectivity index (χ2v) is 8.35. The van der Waals surface area contributed by atoms with E-state index in [1.165, 1.54) is 11.3 Å². The van der Waals surface area contributed by atoms with E-state index >= 15 is 0 Å². The number of nitrogens with zero attached hydrogens (tertiary/aromatic N) is 4. The Morgan fingerprint density at radius 3 is 2.56 bits per heavy atom. The fourth-order valence-electron chi connectivity index (χ4n) is 4.04. The van der Waals surface area contributed by atoms with Crippen LogP contribution in [-0.4, -0.2) is 59.2 Å². The van der Waals surface area contributed by atoms with E-state index in [4.69, 9.17) is 5.10 Å². The Labute approximate surface area is 163 Å². The molecule has 1 heterocycles. The third kappa shape index (κ3) is 4.41. The van der Waals surface area contributed by atoms with E-state index in [-0.39, 0.29) is 5.91 Å². The summed E-state index contributed by atoms with van der Waals surface area (Å²) in [5.41, 5.74) is 4.23. The van der Waals surface area contributed by atoms with Gasteiger partial charge in [-0.05, 0) is 37.8 Å². The first-order valence-electron chi connectivity index (χ1n) is 9.91. The largest absolute Gasteiger partial charge is 0.343 e. The second kappa shape index (κ2) is 8.26. The summed E-state index contributed by atoms with van der Waals surface area (Å²) in [7, 11) is 5.81. The van der Waals surface area contributed by atoms with Gasteiger partial charge in [0.25, 0.3) is 5.91 Å². The number of carbonyl (C=O) groups is 1. The molecule has 0 saturated carbocycles. The highest BCUT2D eigenvalue weighted by atomic mass is 16.2. The molecule has 1 aliphatic carbocycles. The van der Waals surface area contributed by atoms with Crippen LogP contribution in [0.1, 0.15) is 47.6 Å². The lowest BCUT2D eigenvalue weighted by atomic mass is 9.90. The first-order valence-corrected chi connectivity index (χ1v) is 9.91. The van der Waals surface area contributed by atoms with Gasteiger partial charge in [0, 0.05) is 37.9 Å². The van der Waals surface area contributed by atoms with Crippen LogP contribution in [0.4, 0.5) is 0 Å². The van der Waals surface area contributed by atoms with Gasteiger partial charge in [-0.3, -0.25) is 9.48 Å². The van der Waals surface area contributed by atoms with Gasteiger partial charge in [0.2, 0.25) is 0 Å². The van der Waals surface area contributed by atoms with Crippen LogP contribution in [0.3, 0.4) is 0 Å². The predicted octanol–water partition coefficient (Wildman–Crippen LogP) is 3.08. The van der Waals surface area contributed by atoms with Gasteiger partial charge in [-0.25, -0.2) is 0 Å². The van der Waals surface area contributed by atoms with Crippen molar-refractivity contribution >= 4 is 5.91 Å². The molecule has 3 rings (SSSR count). The van der Waals surface area contributed by atoms with Crippen molar-refractivity contribution in [3.05, 3.63) is 52.8 Å². The fourth-order valence-corrected chi connectivity index (χ4v) is 4.04. The summed E-state index contributed by atoms with van der Waals surface area (Å²) in [5, 5.41) is 4.77. The molecule has 1 amide bonds. The normalized spacial score (nSPS) is 16.6. The van der Waals surface area contributed by atoms with E-state index in [0.717, 1.165) is 37.9 Å². The van der Waals surface area contributed by atoms with Gasteiger partial charge >= 0.3 is 0 Å². The van der Waals surface area contributed by atoms with Crippen molar-refractivity contribution < 1.29 is 4.79 Å². The average Bonchev–Trinajstić information content (AvgIpc) is 2.99. The van der Waals surface area contributed by atoms with Crippen molar-refractivity contribution in [3.8, 4) is 0 Å². The zero-order valence-electron chi connectivity index (χ0n) is 17.3. The lowest BCUT2D eigenvalue weighted by molar-refractivity contribution is 0.0819. The first kappa shape index (κ1) is 19.6. The van der Waals surface area contributed by atoms with Gasteiger partial charge in [0.1, 0.15) is 0 Å². The zero-order valence-corrected chi connectivity index (χ0v) is 17.3. The molecule has 0 aliphatic heterocycles. The van der Waals surface area contributed by atoms with Gasteiger partial charge in [0.15, 0.2) is 5.69 Å². The molecular weight excluding hydrogens is 336 g/mol. The Morgan fingerprint density at radius 2 is 1.93 bits per heavy atom.